The minimum Gasteiger partial charge on any atom is -0.312 e. The summed E-state index contributed by atoms with van der Waals surface area (Å²) in [7, 11) is -0.488. The number of hydrogen-bond donors (Lipinski definition) is 0. The Hall–Kier alpha value is -0.520. The molecule has 0 saturated carbocycles. The summed E-state index contributed by atoms with van der Waals surface area (Å²) in [4.78, 5) is 8.97. The van der Waals surface area contributed by atoms with Crippen LogP contribution in [0.25, 0.3) is 11.0 Å². The Morgan fingerprint density at radius 2 is 1.85 bits per heavy atom. The molecule has 0 atom stereocenters. The smallest absolute Gasteiger partial charge is 0.312 e. The van der Waals surface area contributed by atoms with Gasteiger partial charge in [0.2, 0.25) is 0 Å². The molecule has 0 amide bonds. The summed E-state index contributed by atoms with van der Waals surface area (Å²) in [6.07, 6.45) is 0.0659. The molecule has 5 nitrogen and oxygen atoms in total. The van der Waals surface area contributed by atoms with Crippen molar-refractivity contribution in [2.75, 3.05) is 14.2 Å². The summed E-state index contributed by atoms with van der Waals surface area (Å²) >= 11 is 9.31. The van der Waals surface area contributed by atoms with E-state index in [-0.39, 0.29) is 6.16 Å². The maximum atomic E-state index is 12.2. The average Bonchev–Trinajstić information content (AvgIpc) is 2.46. The number of benzene rings is 1. The van der Waals surface area contributed by atoms with Crippen molar-refractivity contribution in [1.82, 2.24) is 9.97 Å². The third kappa shape index (κ3) is 3.38. The fourth-order valence-electron chi connectivity index (χ4n) is 1.72. The van der Waals surface area contributed by atoms with Gasteiger partial charge >= 0.3 is 7.60 Å². The molecule has 0 N–H and O–H groups in total. The number of hydrogen-bond acceptors (Lipinski definition) is 5. The highest BCUT2D eigenvalue weighted by Gasteiger charge is 2.25. The van der Waals surface area contributed by atoms with Crippen LogP contribution in [0, 0.1) is 0 Å². The molecule has 2 aromatic rings. The normalized spacial score (nSPS) is 12.0. The summed E-state index contributed by atoms with van der Waals surface area (Å²) in [5.74, 6) is 0. The van der Waals surface area contributed by atoms with Crippen molar-refractivity contribution in [3.05, 3.63) is 34.6 Å². The lowest BCUT2D eigenvalue weighted by molar-refractivity contribution is 0.274. The lowest BCUT2D eigenvalue weighted by Crippen LogP contribution is -2.03. The molecule has 0 aliphatic rings. The van der Waals surface area contributed by atoms with Gasteiger partial charge in [0.05, 0.1) is 28.6 Å². The third-order valence-electron chi connectivity index (χ3n) is 2.81. The second-order valence-electron chi connectivity index (χ2n) is 4.02. The molecule has 2 rings (SSSR count). The summed E-state index contributed by atoms with van der Waals surface area (Å²) < 4.78 is 22.1. The molecular formula is C12H13BrClN2O3P. The molecule has 0 radical (unpaired) electrons. The van der Waals surface area contributed by atoms with E-state index in [1.165, 1.54) is 14.2 Å². The van der Waals surface area contributed by atoms with Crippen LogP contribution >= 0.6 is 35.1 Å². The van der Waals surface area contributed by atoms with E-state index in [9.17, 15) is 4.57 Å². The number of aromatic nitrogens is 2. The molecule has 108 valence electrons. The standard InChI is InChI=1S/C12H13BrClN2O3P/c1-18-20(17,19-2)7-12-11(6-13)15-9-4-3-8(14)5-10(9)16-12/h3-5H,6-7H2,1-2H3. The van der Waals surface area contributed by atoms with Crippen molar-refractivity contribution in [3.8, 4) is 0 Å². The highest BCUT2D eigenvalue weighted by atomic mass is 79.9. The molecule has 1 heterocycles. The van der Waals surface area contributed by atoms with Gasteiger partial charge in [-0.3, -0.25) is 4.57 Å². The number of rotatable bonds is 5. The fraction of sp³-hybridized carbons (Fsp3) is 0.333. The molecule has 0 unspecified atom stereocenters. The SMILES string of the molecule is COP(=O)(Cc1nc2cc(Cl)ccc2nc1CBr)OC. The highest BCUT2D eigenvalue weighted by molar-refractivity contribution is 9.08. The summed E-state index contributed by atoms with van der Waals surface area (Å²) in [6.45, 7) is 0. The first-order valence-electron chi connectivity index (χ1n) is 5.73. The van der Waals surface area contributed by atoms with E-state index in [1.54, 1.807) is 18.2 Å². The Bertz CT molecular complexity index is 675. The Labute approximate surface area is 130 Å². The molecule has 0 aliphatic carbocycles. The van der Waals surface area contributed by atoms with Crippen LogP contribution in [0.2, 0.25) is 5.02 Å². The van der Waals surface area contributed by atoms with Crippen molar-refractivity contribution < 1.29 is 13.6 Å². The van der Waals surface area contributed by atoms with Gasteiger partial charge in [0, 0.05) is 24.6 Å². The molecular weight excluding hydrogens is 366 g/mol. The molecule has 0 saturated heterocycles. The summed E-state index contributed by atoms with van der Waals surface area (Å²) in [6, 6.07) is 5.27. The van der Waals surface area contributed by atoms with E-state index in [0.29, 0.717) is 27.3 Å². The van der Waals surface area contributed by atoms with Crippen LogP contribution in [0.15, 0.2) is 18.2 Å². The van der Waals surface area contributed by atoms with Crippen molar-refractivity contribution in [3.63, 3.8) is 0 Å². The highest BCUT2D eigenvalue weighted by Crippen LogP contribution is 2.49. The van der Waals surface area contributed by atoms with Gasteiger partial charge in [-0.1, -0.05) is 27.5 Å². The molecule has 20 heavy (non-hydrogen) atoms. The maximum Gasteiger partial charge on any atom is 0.336 e. The van der Waals surface area contributed by atoms with E-state index >= 15 is 0 Å². The van der Waals surface area contributed by atoms with Gasteiger partial charge in [-0.25, -0.2) is 9.97 Å². The van der Waals surface area contributed by atoms with Crippen molar-refractivity contribution >= 4 is 46.2 Å². The number of fused-ring (bicyclic) bond motifs is 1. The van der Waals surface area contributed by atoms with E-state index in [2.05, 4.69) is 25.9 Å². The fourth-order valence-corrected chi connectivity index (χ4v) is 3.36. The van der Waals surface area contributed by atoms with Gasteiger partial charge in [0.15, 0.2) is 0 Å². The van der Waals surface area contributed by atoms with Crippen LogP contribution in [0.5, 0.6) is 0 Å². The van der Waals surface area contributed by atoms with E-state index < -0.39 is 7.60 Å². The summed E-state index contributed by atoms with van der Waals surface area (Å²) in [5.41, 5.74) is 2.66. The van der Waals surface area contributed by atoms with Crippen LogP contribution in [0.3, 0.4) is 0 Å². The molecule has 1 aromatic heterocycles. The van der Waals surface area contributed by atoms with Gasteiger partial charge in [-0.05, 0) is 18.2 Å². The first-order chi connectivity index (χ1) is 9.51. The van der Waals surface area contributed by atoms with Gasteiger partial charge < -0.3 is 9.05 Å². The zero-order chi connectivity index (χ0) is 14.8. The molecule has 0 fully saturated rings. The quantitative estimate of drug-likeness (QED) is 0.576. The minimum absolute atomic E-state index is 0.0659. The Morgan fingerprint density at radius 3 is 2.45 bits per heavy atom. The number of halogens is 2. The Morgan fingerprint density at radius 1 is 1.20 bits per heavy atom. The largest absolute Gasteiger partial charge is 0.336 e. The molecule has 0 bridgehead atoms. The van der Waals surface area contributed by atoms with Gasteiger partial charge in [0.25, 0.3) is 0 Å². The predicted molar refractivity (Wildman–Crippen MR) is 82.5 cm³/mol. The molecule has 1 aromatic carbocycles. The predicted octanol–water partition coefficient (Wildman–Crippen LogP) is 4.16. The molecule has 8 heteroatoms. The lowest BCUT2D eigenvalue weighted by Gasteiger charge is -2.15. The first kappa shape index (κ1) is 15.9. The van der Waals surface area contributed by atoms with Crippen LogP contribution in [-0.2, 0) is 25.1 Å². The molecule has 0 aliphatic heterocycles. The molecule has 0 spiro atoms. The van der Waals surface area contributed by atoms with Crippen LogP contribution in [-0.4, -0.2) is 24.2 Å². The second-order valence-corrected chi connectivity index (χ2v) is 7.28. The first-order valence-corrected chi connectivity index (χ1v) is 8.95. The van der Waals surface area contributed by atoms with Gasteiger partial charge in [-0.15, -0.1) is 0 Å². The average molecular weight is 380 g/mol. The second kappa shape index (κ2) is 6.50. The zero-order valence-electron chi connectivity index (χ0n) is 11.0. The van der Waals surface area contributed by atoms with Crippen LogP contribution in [0.4, 0.5) is 0 Å². The van der Waals surface area contributed by atoms with Gasteiger partial charge in [-0.2, -0.15) is 0 Å². The van der Waals surface area contributed by atoms with Crippen LogP contribution in [0.1, 0.15) is 11.4 Å². The Kier molecular flexibility index (Phi) is 5.15. The number of nitrogens with zero attached hydrogens (tertiary/aromatic N) is 2. The van der Waals surface area contributed by atoms with Crippen molar-refractivity contribution in [2.24, 2.45) is 0 Å². The zero-order valence-corrected chi connectivity index (χ0v) is 14.2. The number of alkyl halides is 1. The maximum absolute atomic E-state index is 12.2. The van der Waals surface area contributed by atoms with E-state index in [4.69, 9.17) is 20.6 Å². The van der Waals surface area contributed by atoms with Crippen molar-refractivity contribution in [2.45, 2.75) is 11.5 Å². The van der Waals surface area contributed by atoms with Crippen LogP contribution < -0.4 is 0 Å². The van der Waals surface area contributed by atoms with E-state index in [0.717, 1.165) is 5.52 Å². The Balaban J connectivity index is 2.53. The van der Waals surface area contributed by atoms with E-state index in [1.807, 2.05) is 0 Å². The lowest BCUT2D eigenvalue weighted by atomic mass is 10.2. The summed E-state index contributed by atoms with van der Waals surface area (Å²) in [5, 5.41) is 1.08. The minimum atomic E-state index is -3.19. The topological polar surface area (TPSA) is 61.3 Å². The van der Waals surface area contributed by atoms with Gasteiger partial charge in [0.1, 0.15) is 0 Å². The third-order valence-corrected chi connectivity index (χ3v) is 5.37. The monoisotopic (exact) mass is 378 g/mol. The van der Waals surface area contributed by atoms with Crippen molar-refractivity contribution in [1.29, 1.82) is 0 Å².